The maximum absolute atomic E-state index is 11.4. The summed E-state index contributed by atoms with van der Waals surface area (Å²) in [5.74, 6) is -0.688. The second kappa shape index (κ2) is 6.90. The first-order valence-corrected chi connectivity index (χ1v) is 9.60. The minimum atomic E-state index is -0.740. The van der Waals surface area contributed by atoms with Gasteiger partial charge >= 0.3 is 5.97 Å². The summed E-state index contributed by atoms with van der Waals surface area (Å²) in [6, 6.07) is 12.2. The van der Waals surface area contributed by atoms with Crippen LogP contribution in [0.5, 0.6) is 0 Å². The quantitative estimate of drug-likeness (QED) is 0.608. The molecule has 0 radical (unpaired) electrons. The van der Waals surface area contributed by atoms with Gasteiger partial charge in [0.25, 0.3) is 0 Å². The number of hydrogen-bond donors (Lipinski definition) is 1. The summed E-state index contributed by atoms with van der Waals surface area (Å²) in [5.41, 5.74) is 7.09. The molecule has 1 aliphatic rings. The van der Waals surface area contributed by atoms with E-state index < -0.39 is 5.97 Å². The van der Waals surface area contributed by atoms with E-state index in [2.05, 4.69) is 30.2 Å². The molecule has 3 aromatic rings. The summed E-state index contributed by atoms with van der Waals surface area (Å²) < 4.78 is 2.31. The normalized spacial score (nSPS) is 15.9. The number of rotatable bonds is 5. The molecule has 4 rings (SSSR count). The fraction of sp³-hybridized carbons (Fsp3) is 0.261. The summed E-state index contributed by atoms with van der Waals surface area (Å²) in [6.45, 7) is 6.80. The van der Waals surface area contributed by atoms with Crippen LogP contribution < -0.4 is 0 Å². The number of benzene rings is 2. The molecule has 3 nitrogen and oxygen atoms in total. The van der Waals surface area contributed by atoms with Crippen molar-refractivity contribution in [1.82, 2.24) is 4.57 Å². The molecule has 27 heavy (non-hydrogen) atoms. The number of hydrogen-bond acceptors (Lipinski definition) is 1. The number of fused-ring (bicyclic) bond motifs is 3. The van der Waals surface area contributed by atoms with Crippen molar-refractivity contribution in [2.45, 2.75) is 38.6 Å². The summed E-state index contributed by atoms with van der Waals surface area (Å²) in [4.78, 5) is 11.4. The molecule has 1 atom stereocenters. The molecule has 0 bridgehead atoms. The van der Waals surface area contributed by atoms with Crippen LogP contribution in [0, 0.1) is 6.92 Å². The average molecular weight is 380 g/mol. The van der Waals surface area contributed by atoms with Crippen molar-refractivity contribution in [3.8, 4) is 0 Å². The van der Waals surface area contributed by atoms with Gasteiger partial charge in [-0.25, -0.2) is 0 Å². The minimum Gasteiger partial charge on any atom is -0.481 e. The lowest BCUT2D eigenvalue weighted by atomic mass is 10.0. The molecule has 138 valence electrons. The van der Waals surface area contributed by atoms with E-state index in [1.807, 2.05) is 30.3 Å². The van der Waals surface area contributed by atoms with Crippen molar-refractivity contribution >= 4 is 34.5 Å². The van der Waals surface area contributed by atoms with Gasteiger partial charge in [-0.2, -0.15) is 0 Å². The van der Waals surface area contributed by atoms with E-state index >= 15 is 0 Å². The third kappa shape index (κ3) is 3.17. The Morgan fingerprint density at radius 2 is 2.07 bits per heavy atom. The lowest BCUT2D eigenvalue weighted by Crippen LogP contribution is -2.11. The lowest BCUT2D eigenvalue weighted by molar-refractivity contribution is -0.137. The second-order valence-corrected chi connectivity index (χ2v) is 7.80. The van der Waals surface area contributed by atoms with Crippen LogP contribution in [0.25, 0.3) is 17.0 Å². The molecule has 0 spiro atoms. The van der Waals surface area contributed by atoms with Crippen molar-refractivity contribution in [2.24, 2.45) is 0 Å². The van der Waals surface area contributed by atoms with E-state index in [-0.39, 0.29) is 12.3 Å². The number of carbonyl (C=O) groups is 1. The Morgan fingerprint density at radius 1 is 1.33 bits per heavy atom. The van der Waals surface area contributed by atoms with E-state index in [0.717, 1.165) is 29.5 Å². The summed E-state index contributed by atoms with van der Waals surface area (Å²) in [7, 11) is 0. The van der Waals surface area contributed by atoms with Gasteiger partial charge in [0.1, 0.15) is 0 Å². The molecule has 0 amide bonds. The molecule has 0 fully saturated rings. The second-order valence-electron chi connectivity index (χ2n) is 7.36. The Labute approximate surface area is 163 Å². The third-order valence-electron chi connectivity index (χ3n) is 5.50. The summed E-state index contributed by atoms with van der Waals surface area (Å²) in [6.07, 6.45) is 3.89. The van der Waals surface area contributed by atoms with Gasteiger partial charge in [0.2, 0.25) is 0 Å². The predicted molar refractivity (Wildman–Crippen MR) is 111 cm³/mol. The number of halogens is 1. The van der Waals surface area contributed by atoms with Crippen LogP contribution in [0.15, 0.2) is 43.0 Å². The highest BCUT2D eigenvalue weighted by Crippen LogP contribution is 2.43. The maximum atomic E-state index is 11.4. The van der Waals surface area contributed by atoms with E-state index in [1.54, 1.807) is 0 Å². The number of aromatic nitrogens is 1. The van der Waals surface area contributed by atoms with Gasteiger partial charge in [0, 0.05) is 28.6 Å². The molecule has 0 aliphatic heterocycles. The fourth-order valence-electron chi connectivity index (χ4n) is 4.45. The molecule has 0 saturated heterocycles. The van der Waals surface area contributed by atoms with Crippen LogP contribution in [0.2, 0.25) is 5.02 Å². The smallest absolute Gasteiger partial charge is 0.304 e. The van der Waals surface area contributed by atoms with E-state index in [0.29, 0.717) is 11.6 Å². The molecule has 1 heterocycles. The number of carboxylic acids is 1. The molecule has 4 heteroatoms. The molecule has 2 aromatic carbocycles. The largest absolute Gasteiger partial charge is 0.481 e. The first kappa shape index (κ1) is 17.9. The SMILES string of the molecule is C=Cc1cc(C)cc2c3c(n(Cc4ccc(Cl)cc4)c12)C(CC(=O)O)CC3. The van der Waals surface area contributed by atoms with Gasteiger partial charge in [-0.15, -0.1) is 0 Å². The molecule has 1 N–H and O–H groups in total. The zero-order valence-electron chi connectivity index (χ0n) is 15.3. The van der Waals surface area contributed by atoms with Crippen molar-refractivity contribution in [2.75, 3.05) is 0 Å². The van der Waals surface area contributed by atoms with Gasteiger partial charge in [0.05, 0.1) is 11.9 Å². The van der Waals surface area contributed by atoms with Gasteiger partial charge in [-0.05, 0) is 66.3 Å². The number of nitrogens with zero attached hydrogens (tertiary/aromatic N) is 1. The van der Waals surface area contributed by atoms with Crippen molar-refractivity contribution in [3.63, 3.8) is 0 Å². The maximum Gasteiger partial charge on any atom is 0.304 e. The average Bonchev–Trinajstić information content (AvgIpc) is 3.16. The van der Waals surface area contributed by atoms with Crippen LogP contribution in [-0.4, -0.2) is 15.6 Å². The summed E-state index contributed by atoms with van der Waals surface area (Å²) >= 11 is 6.04. The Morgan fingerprint density at radius 3 is 2.74 bits per heavy atom. The van der Waals surface area contributed by atoms with Crippen molar-refractivity contribution in [1.29, 1.82) is 0 Å². The topological polar surface area (TPSA) is 42.2 Å². The van der Waals surface area contributed by atoms with E-state index in [4.69, 9.17) is 11.6 Å². The lowest BCUT2D eigenvalue weighted by Gasteiger charge is -2.17. The third-order valence-corrected chi connectivity index (χ3v) is 5.76. The highest BCUT2D eigenvalue weighted by Gasteiger charge is 2.32. The minimum absolute atomic E-state index is 0.0511. The van der Waals surface area contributed by atoms with E-state index in [1.165, 1.54) is 22.2 Å². The fourth-order valence-corrected chi connectivity index (χ4v) is 4.57. The molecule has 1 aliphatic carbocycles. The monoisotopic (exact) mass is 379 g/mol. The highest BCUT2D eigenvalue weighted by atomic mass is 35.5. The predicted octanol–water partition coefficient (Wildman–Crippen LogP) is 5.80. The van der Waals surface area contributed by atoms with Crippen molar-refractivity contribution < 1.29 is 9.90 Å². The molecule has 0 saturated carbocycles. The summed E-state index contributed by atoms with van der Waals surface area (Å²) in [5, 5.41) is 11.3. The Bertz CT molecular complexity index is 1050. The molecule has 1 aromatic heterocycles. The van der Waals surface area contributed by atoms with Gasteiger partial charge in [0.15, 0.2) is 0 Å². The molecular weight excluding hydrogens is 358 g/mol. The standard InChI is InChI=1S/C23H22ClNO2/c1-3-16-10-14(2)11-20-19-9-6-17(12-21(26)27)23(19)25(22(16)20)13-15-4-7-18(24)8-5-15/h3-5,7-8,10-11,17H,1,6,9,12-13H2,2H3,(H,26,27). The number of aliphatic carboxylic acids is 1. The van der Waals surface area contributed by atoms with Crippen LogP contribution in [0.3, 0.4) is 0 Å². The Kier molecular flexibility index (Phi) is 4.56. The zero-order valence-corrected chi connectivity index (χ0v) is 16.1. The van der Waals surface area contributed by atoms with Crippen LogP contribution in [0.4, 0.5) is 0 Å². The van der Waals surface area contributed by atoms with Gasteiger partial charge < -0.3 is 9.67 Å². The zero-order chi connectivity index (χ0) is 19.1. The van der Waals surface area contributed by atoms with Crippen LogP contribution >= 0.6 is 11.6 Å². The highest BCUT2D eigenvalue weighted by molar-refractivity contribution is 6.30. The van der Waals surface area contributed by atoms with Gasteiger partial charge in [-0.1, -0.05) is 36.4 Å². The van der Waals surface area contributed by atoms with Crippen molar-refractivity contribution in [3.05, 3.63) is 75.9 Å². The number of carboxylic acid groups (broad SMARTS) is 1. The van der Waals surface area contributed by atoms with Crippen LogP contribution in [-0.2, 0) is 17.8 Å². The first-order valence-electron chi connectivity index (χ1n) is 9.22. The van der Waals surface area contributed by atoms with E-state index in [9.17, 15) is 9.90 Å². The van der Waals surface area contributed by atoms with Gasteiger partial charge in [-0.3, -0.25) is 4.79 Å². The Hall–Kier alpha value is -2.52. The number of aryl methyl sites for hydroxylation is 2. The Balaban J connectivity index is 1.95. The first-order chi connectivity index (χ1) is 13.0. The molecule has 1 unspecified atom stereocenters. The molecular formula is C23H22ClNO2. The van der Waals surface area contributed by atoms with Crippen LogP contribution in [0.1, 0.15) is 46.7 Å².